The summed E-state index contributed by atoms with van der Waals surface area (Å²) in [6, 6.07) is 50.9. The average Bonchev–Trinajstić information content (AvgIpc) is 3.17. The molecular formula is C49H49BN2. The Labute approximate surface area is 311 Å². The molecule has 0 bridgehead atoms. The average molecular weight is 677 g/mol. The minimum absolute atomic E-state index is 0.0312. The van der Waals surface area contributed by atoms with Crippen LogP contribution in [0.3, 0.4) is 0 Å². The molecule has 6 aromatic rings. The second-order valence-electron chi connectivity index (χ2n) is 16.4. The molecule has 0 unspecified atom stereocenters. The van der Waals surface area contributed by atoms with E-state index in [9.17, 15) is 0 Å². The first-order valence-corrected chi connectivity index (χ1v) is 19.6. The van der Waals surface area contributed by atoms with Crippen molar-refractivity contribution in [2.24, 2.45) is 0 Å². The van der Waals surface area contributed by atoms with Crippen LogP contribution in [0.25, 0.3) is 0 Å². The summed E-state index contributed by atoms with van der Waals surface area (Å²) in [7, 11) is 0. The Morgan fingerprint density at radius 1 is 0.596 bits per heavy atom. The molecule has 0 spiro atoms. The first-order chi connectivity index (χ1) is 25.4. The number of fused-ring (bicyclic) bond motifs is 4. The number of aryl methyl sites for hydroxylation is 3. The topological polar surface area (TPSA) is 6.48 Å². The smallest absolute Gasteiger partial charge is 0.252 e. The zero-order chi connectivity index (χ0) is 35.4. The van der Waals surface area contributed by atoms with E-state index in [0.717, 1.165) is 12.8 Å². The van der Waals surface area contributed by atoms with Gasteiger partial charge in [0.2, 0.25) is 0 Å². The SMILES string of the molecule is Cc1ccccc1N1c2cc(C3CCCCC3)cc3c2B(c2ccc(C(C)(C)C)cc2N3c2ccccc2)c2cccc(CCc3ccccc3)c21. The van der Waals surface area contributed by atoms with Crippen LogP contribution in [0.5, 0.6) is 0 Å². The molecule has 258 valence electrons. The van der Waals surface area contributed by atoms with Crippen molar-refractivity contribution in [3.05, 3.63) is 161 Å². The summed E-state index contributed by atoms with van der Waals surface area (Å²) in [6.07, 6.45) is 8.50. The number of benzene rings is 6. The van der Waals surface area contributed by atoms with E-state index in [1.165, 1.54) is 110 Å². The van der Waals surface area contributed by atoms with Crippen LogP contribution in [0, 0.1) is 6.92 Å². The second-order valence-corrected chi connectivity index (χ2v) is 16.4. The highest BCUT2D eigenvalue weighted by atomic mass is 15.2. The van der Waals surface area contributed by atoms with Gasteiger partial charge in [-0.2, -0.15) is 0 Å². The van der Waals surface area contributed by atoms with Gasteiger partial charge in [0.05, 0.1) is 0 Å². The maximum Gasteiger partial charge on any atom is 0.252 e. The third kappa shape index (κ3) is 5.66. The van der Waals surface area contributed by atoms with Crippen molar-refractivity contribution in [1.82, 2.24) is 0 Å². The molecule has 0 saturated heterocycles. The van der Waals surface area contributed by atoms with Gasteiger partial charge in [0.25, 0.3) is 6.71 Å². The molecule has 52 heavy (non-hydrogen) atoms. The maximum atomic E-state index is 2.67. The quantitative estimate of drug-likeness (QED) is 0.162. The highest BCUT2D eigenvalue weighted by Crippen LogP contribution is 2.48. The Bertz CT molecular complexity index is 2240. The third-order valence-electron chi connectivity index (χ3n) is 12.0. The van der Waals surface area contributed by atoms with Crippen LogP contribution in [0.1, 0.15) is 86.6 Å². The van der Waals surface area contributed by atoms with Crippen LogP contribution in [-0.4, -0.2) is 6.71 Å². The van der Waals surface area contributed by atoms with Gasteiger partial charge in [-0.3, -0.25) is 0 Å². The van der Waals surface area contributed by atoms with Gasteiger partial charge in [-0.15, -0.1) is 0 Å². The monoisotopic (exact) mass is 676 g/mol. The van der Waals surface area contributed by atoms with E-state index >= 15 is 0 Å². The Morgan fingerprint density at radius 3 is 2.02 bits per heavy atom. The lowest BCUT2D eigenvalue weighted by Crippen LogP contribution is -2.61. The van der Waals surface area contributed by atoms with Gasteiger partial charge in [-0.05, 0) is 125 Å². The summed E-state index contributed by atoms with van der Waals surface area (Å²) in [5, 5.41) is 0. The van der Waals surface area contributed by atoms with Gasteiger partial charge in [-0.1, -0.05) is 137 Å². The zero-order valence-corrected chi connectivity index (χ0v) is 31.2. The molecule has 0 aromatic heterocycles. The van der Waals surface area contributed by atoms with Crippen molar-refractivity contribution in [2.75, 3.05) is 9.80 Å². The summed E-state index contributed by atoms with van der Waals surface area (Å²) in [4.78, 5) is 5.27. The molecule has 6 aromatic carbocycles. The molecule has 3 heteroatoms. The Balaban J connectivity index is 1.36. The molecule has 9 rings (SSSR count). The highest BCUT2D eigenvalue weighted by molar-refractivity contribution is 7.00. The lowest BCUT2D eigenvalue weighted by molar-refractivity contribution is 0.444. The molecular weight excluding hydrogens is 627 g/mol. The lowest BCUT2D eigenvalue weighted by atomic mass is 9.33. The van der Waals surface area contributed by atoms with Gasteiger partial charge >= 0.3 is 0 Å². The predicted octanol–water partition coefficient (Wildman–Crippen LogP) is 11.2. The predicted molar refractivity (Wildman–Crippen MR) is 224 cm³/mol. The van der Waals surface area contributed by atoms with Crippen molar-refractivity contribution in [1.29, 1.82) is 0 Å². The van der Waals surface area contributed by atoms with Crippen LogP contribution in [0.2, 0.25) is 0 Å². The van der Waals surface area contributed by atoms with Gasteiger partial charge in [0.15, 0.2) is 0 Å². The summed E-state index contributed by atoms with van der Waals surface area (Å²) < 4.78 is 0. The van der Waals surface area contributed by atoms with Gasteiger partial charge in [-0.25, -0.2) is 0 Å². The van der Waals surface area contributed by atoms with Crippen molar-refractivity contribution in [3.8, 4) is 0 Å². The Hall–Kier alpha value is -5.02. The zero-order valence-electron chi connectivity index (χ0n) is 31.2. The molecule has 3 aliphatic rings. The fraction of sp³-hybridized carbons (Fsp3) is 0.265. The van der Waals surface area contributed by atoms with E-state index in [2.05, 4.69) is 171 Å². The van der Waals surface area contributed by atoms with E-state index in [0.29, 0.717) is 5.92 Å². The Kier molecular flexibility index (Phi) is 8.34. The first-order valence-electron chi connectivity index (χ1n) is 19.6. The minimum Gasteiger partial charge on any atom is -0.311 e. The molecule has 0 amide bonds. The number of anilines is 6. The Morgan fingerprint density at radius 2 is 1.29 bits per heavy atom. The van der Waals surface area contributed by atoms with E-state index in [1.807, 2.05) is 0 Å². The van der Waals surface area contributed by atoms with Crippen molar-refractivity contribution >= 4 is 57.2 Å². The third-order valence-corrected chi connectivity index (χ3v) is 12.0. The molecule has 0 radical (unpaired) electrons. The highest BCUT2D eigenvalue weighted by Gasteiger charge is 2.45. The van der Waals surface area contributed by atoms with Crippen molar-refractivity contribution in [2.45, 2.75) is 84.0 Å². The molecule has 0 N–H and O–H groups in total. The summed E-state index contributed by atoms with van der Waals surface area (Å²) in [5.41, 5.74) is 19.1. The standard InChI is InChI=1S/C49H49BN2/c1-34-17-14-15-26-43(34)52-46-32-38(36-20-10-6-11-21-36)31-45-47(46)50(42-25-16-22-37(48(42)52)28-27-35-18-8-5-9-19-35)41-30-29-39(49(2,3)4)33-44(41)51(45)40-23-12-7-13-24-40/h5,7-9,12-19,22-26,29-33,36H,6,10-11,20-21,27-28H2,1-4H3. The minimum atomic E-state index is 0.0312. The number of nitrogens with zero attached hydrogens (tertiary/aromatic N) is 2. The fourth-order valence-electron chi connectivity index (χ4n) is 9.32. The first kappa shape index (κ1) is 32.9. The van der Waals surface area contributed by atoms with E-state index in [1.54, 1.807) is 0 Å². The van der Waals surface area contributed by atoms with Gasteiger partial charge in [0, 0.05) is 34.1 Å². The summed E-state index contributed by atoms with van der Waals surface area (Å²) in [5.74, 6) is 0.571. The fourth-order valence-corrected chi connectivity index (χ4v) is 9.32. The van der Waals surface area contributed by atoms with E-state index in [4.69, 9.17) is 0 Å². The van der Waals surface area contributed by atoms with Crippen LogP contribution >= 0.6 is 0 Å². The van der Waals surface area contributed by atoms with Crippen molar-refractivity contribution < 1.29 is 0 Å². The van der Waals surface area contributed by atoms with Crippen molar-refractivity contribution in [3.63, 3.8) is 0 Å². The second kappa shape index (κ2) is 13.2. The largest absolute Gasteiger partial charge is 0.311 e. The molecule has 1 aliphatic carbocycles. The van der Waals surface area contributed by atoms with Gasteiger partial charge < -0.3 is 9.80 Å². The molecule has 1 fully saturated rings. The van der Waals surface area contributed by atoms with Gasteiger partial charge in [0.1, 0.15) is 0 Å². The normalized spacial score (nSPS) is 15.3. The molecule has 2 aliphatic heterocycles. The maximum absolute atomic E-state index is 2.67. The number of rotatable bonds is 6. The van der Waals surface area contributed by atoms with E-state index < -0.39 is 0 Å². The van der Waals surface area contributed by atoms with Crippen LogP contribution in [-0.2, 0) is 18.3 Å². The van der Waals surface area contributed by atoms with E-state index in [-0.39, 0.29) is 12.1 Å². The summed E-state index contributed by atoms with van der Waals surface area (Å²) >= 11 is 0. The number of hydrogen-bond donors (Lipinski definition) is 0. The lowest BCUT2D eigenvalue weighted by Gasteiger charge is -2.46. The molecule has 0 atom stereocenters. The number of para-hydroxylation sites is 3. The van der Waals surface area contributed by atoms with Crippen LogP contribution in [0.4, 0.5) is 34.1 Å². The van der Waals surface area contributed by atoms with Crippen LogP contribution < -0.4 is 26.2 Å². The molecule has 1 saturated carbocycles. The molecule has 2 heterocycles. The summed E-state index contributed by atoms with van der Waals surface area (Å²) in [6.45, 7) is 9.43. The number of hydrogen-bond acceptors (Lipinski definition) is 2. The van der Waals surface area contributed by atoms with Crippen LogP contribution in [0.15, 0.2) is 133 Å². The molecule has 2 nitrogen and oxygen atoms in total.